The molecule has 1 unspecified atom stereocenters. The SMILES string of the molecule is CCC1=N/N2C(=O)C=C(c3ccc(C#N)cc3)NC2C=C(c2ccc(F)cc2F)/C=C\1. The van der Waals surface area contributed by atoms with E-state index in [1.54, 1.807) is 42.5 Å². The third-order valence-corrected chi connectivity index (χ3v) is 5.02. The van der Waals surface area contributed by atoms with E-state index in [-0.39, 0.29) is 11.5 Å². The number of halogens is 2. The molecule has 154 valence electrons. The van der Waals surface area contributed by atoms with Crippen LogP contribution < -0.4 is 5.32 Å². The van der Waals surface area contributed by atoms with Crippen LogP contribution in [0.5, 0.6) is 0 Å². The Bertz CT molecular complexity index is 1200. The van der Waals surface area contributed by atoms with E-state index in [0.29, 0.717) is 29.0 Å². The summed E-state index contributed by atoms with van der Waals surface area (Å²) >= 11 is 0. The lowest BCUT2D eigenvalue weighted by Gasteiger charge is -2.33. The molecule has 5 nitrogen and oxygen atoms in total. The number of fused-ring (bicyclic) bond motifs is 1. The molecule has 0 spiro atoms. The van der Waals surface area contributed by atoms with E-state index in [1.165, 1.54) is 23.2 Å². The maximum Gasteiger partial charge on any atom is 0.271 e. The van der Waals surface area contributed by atoms with Gasteiger partial charge in [0.1, 0.15) is 17.8 Å². The van der Waals surface area contributed by atoms with Gasteiger partial charge in [0.05, 0.1) is 17.3 Å². The Hall–Kier alpha value is -4.05. The Morgan fingerprint density at radius 1 is 1.16 bits per heavy atom. The number of carbonyl (C=O) groups is 1. The first kappa shape index (κ1) is 20.2. The second kappa shape index (κ2) is 8.36. The number of hydrogen-bond acceptors (Lipinski definition) is 4. The maximum absolute atomic E-state index is 14.5. The van der Waals surface area contributed by atoms with Gasteiger partial charge in [-0.15, -0.1) is 0 Å². The molecule has 0 radical (unpaired) electrons. The molecule has 2 heterocycles. The molecule has 0 bridgehead atoms. The number of allylic oxidation sites excluding steroid dienone is 3. The number of amides is 1. The van der Waals surface area contributed by atoms with Gasteiger partial charge in [-0.2, -0.15) is 10.4 Å². The normalized spacial score (nSPS) is 20.7. The van der Waals surface area contributed by atoms with E-state index in [2.05, 4.69) is 16.5 Å². The minimum absolute atomic E-state index is 0.221. The van der Waals surface area contributed by atoms with Crippen LogP contribution in [-0.4, -0.2) is 22.8 Å². The van der Waals surface area contributed by atoms with Crippen molar-refractivity contribution in [1.82, 2.24) is 10.3 Å². The first-order chi connectivity index (χ1) is 15.0. The fourth-order valence-electron chi connectivity index (χ4n) is 3.38. The predicted octanol–water partition coefficient (Wildman–Crippen LogP) is 4.35. The smallest absolute Gasteiger partial charge is 0.271 e. The Labute approximate surface area is 178 Å². The highest BCUT2D eigenvalue weighted by molar-refractivity contribution is 6.01. The summed E-state index contributed by atoms with van der Waals surface area (Å²) in [5.74, 6) is -1.69. The molecular weight excluding hydrogens is 398 g/mol. The molecular formula is C24H18F2N4O. The summed E-state index contributed by atoms with van der Waals surface area (Å²) in [4.78, 5) is 12.9. The van der Waals surface area contributed by atoms with Crippen molar-refractivity contribution in [2.75, 3.05) is 0 Å². The van der Waals surface area contributed by atoms with Crippen molar-refractivity contribution in [3.63, 3.8) is 0 Å². The fourth-order valence-corrected chi connectivity index (χ4v) is 3.38. The number of hydrogen-bond donors (Lipinski definition) is 1. The zero-order valence-corrected chi connectivity index (χ0v) is 16.6. The number of benzene rings is 2. The second-order valence-corrected chi connectivity index (χ2v) is 7.04. The minimum atomic E-state index is -0.692. The average molecular weight is 416 g/mol. The van der Waals surface area contributed by atoms with Crippen molar-refractivity contribution in [3.05, 3.63) is 95.1 Å². The van der Waals surface area contributed by atoms with Gasteiger partial charge < -0.3 is 5.32 Å². The highest BCUT2D eigenvalue weighted by Crippen LogP contribution is 2.27. The molecule has 4 rings (SSSR count). The number of nitriles is 1. The van der Waals surface area contributed by atoms with Crippen LogP contribution in [0.2, 0.25) is 0 Å². The van der Waals surface area contributed by atoms with Gasteiger partial charge in [0.2, 0.25) is 0 Å². The van der Waals surface area contributed by atoms with Crippen LogP contribution in [0.3, 0.4) is 0 Å². The van der Waals surface area contributed by atoms with Crippen LogP contribution in [-0.2, 0) is 4.79 Å². The zero-order valence-electron chi connectivity index (χ0n) is 16.6. The van der Waals surface area contributed by atoms with E-state index in [4.69, 9.17) is 5.26 Å². The number of carbonyl (C=O) groups excluding carboxylic acids is 1. The van der Waals surface area contributed by atoms with Crippen LogP contribution >= 0.6 is 0 Å². The lowest BCUT2D eigenvalue weighted by atomic mass is 10.0. The van der Waals surface area contributed by atoms with Gasteiger partial charge >= 0.3 is 0 Å². The quantitative estimate of drug-likeness (QED) is 0.809. The van der Waals surface area contributed by atoms with E-state index in [9.17, 15) is 13.6 Å². The third kappa shape index (κ3) is 4.14. The number of nitrogens with one attached hydrogen (secondary N) is 1. The topological polar surface area (TPSA) is 68.5 Å². The summed E-state index contributed by atoms with van der Waals surface area (Å²) in [5.41, 5.74) is 3.16. The van der Waals surface area contributed by atoms with E-state index >= 15 is 0 Å². The first-order valence-electron chi connectivity index (χ1n) is 9.73. The fraction of sp³-hybridized carbons (Fsp3) is 0.125. The number of rotatable bonds is 3. The third-order valence-electron chi connectivity index (χ3n) is 5.02. The molecule has 2 aliphatic rings. The molecule has 0 aromatic heterocycles. The van der Waals surface area contributed by atoms with Crippen LogP contribution in [0.4, 0.5) is 8.78 Å². The molecule has 7 heteroatoms. The lowest BCUT2D eigenvalue weighted by Crippen LogP contribution is -2.48. The monoisotopic (exact) mass is 416 g/mol. The summed E-state index contributed by atoms with van der Waals surface area (Å²) in [6.45, 7) is 1.90. The van der Waals surface area contributed by atoms with Gasteiger partial charge in [0.25, 0.3) is 5.91 Å². The molecule has 0 saturated carbocycles. The van der Waals surface area contributed by atoms with Gasteiger partial charge in [-0.3, -0.25) is 4.79 Å². The van der Waals surface area contributed by atoms with Crippen LogP contribution in [0, 0.1) is 23.0 Å². The average Bonchev–Trinajstić information content (AvgIpc) is 2.75. The molecule has 2 aromatic rings. The predicted molar refractivity (Wildman–Crippen MR) is 114 cm³/mol. The van der Waals surface area contributed by atoms with Crippen molar-refractivity contribution in [2.24, 2.45) is 5.10 Å². The van der Waals surface area contributed by atoms with E-state index in [0.717, 1.165) is 11.6 Å². The molecule has 0 aliphatic carbocycles. The van der Waals surface area contributed by atoms with E-state index < -0.39 is 17.8 Å². The molecule has 0 fully saturated rings. The highest BCUT2D eigenvalue weighted by Gasteiger charge is 2.29. The van der Waals surface area contributed by atoms with Crippen molar-refractivity contribution in [3.8, 4) is 6.07 Å². The number of hydrazone groups is 1. The lowest BCUT2D eigenvalue weighted by molar-refractivity contribution is -0.128. The molecule has 1 atom stereocenters. The van der Waals surface area contributed by atoms with E-state index in [1.807, 2.05) is 6.92 Å². The van der Waals surface area contributed by atoms with Crippen LogP contribution in [0.25, 0.3) is 11.3 Å². The Kier molecular flexibility index (Phi) is 5.46. The molecule has 1 N–H and O–H groups in total. The second-order valence-electron chi connectivity index (χ2n) is 7.04. The van der Waals surface area contributed by atoms with Gasteiger partial charge in [-0.25, -0.2) is 13.8 Å². The van der Waals surface area contributed by atoms with Crippen molar-refractivity contribution in [2.45, 2.75) is 19.5 Å². The maximum atomic E-state index is 14.5. The standard InChI is InChI=1S/C24H18F2N4O/c1-2-19-9-7-17(20-10-8-18(25)12-21(20)26)11-23-28-22(13-24(31)30(23)29-19)16-5-3-15(14-27)4-6-16/h3-13,23,28H,2H2,1H3/b9-7-,17-11?,29-19-. The van der Waals surface area contributed by atoms with Crippen LogP contribution in [0.15, 0.2) is 71.9 Å². The minimum Gasteiger partial charge on any atom is -0.360 e. The van der Waals surface area contributed by atoms with Crippen molar-refractivity contribution in [1.29, 1.82) is 5.26 Å². The Morgan fingerprint density at radius 2 is 1.94 bits per heavy atom. The Balaban J connectivity index is 1.78. The molecule has 2 aromatic carbocycles. The van der Waals surface area contributed by atoms with Gasteiger partial charge in [-0.05, 0) is 54.0 Å². The summed E-state index contributed by atoms with van der Waals surface area (Å²) in [6.07, 6.45) is 6.43. The summed E-state index contributed by atoms with van der Waals surface area (Å²) in [6, 6.07) is 12.3. The van der Waals surface area contributed by atoms with Crippen molar-refractivity contribution < 1.29 is 13.6 Å². The van der Waals surface area contributed by atoms with Gasteiger partial charge in [-0.1, -0.05) is 25.1 Å². The molecule has 2 aliphatic heterocycles. The van der Waals surface area contributed by atoms with Gasteiger partial charge in [0, 0.05) is 23.4 Å². The Morgan fingerprint density at radius 3 is 2.61 bits per heavy atom. The highest BCUT2D eigenvalue weighted by atomic mass is 19.1. The molecule has 1 amide bonds. The summed E-state index contributed by atoms with van der Waals surface area (Å²) < 4.78 is 27.9. The van der Waals surface area contributed by atoms with Crippen LogP contribution in [0.1, 0.15) is 30.0 Å². The summed E-state index contributed by atoms with van der Waals surface area (Å²) in [5, 5.41) is 18.0. The van der Waals surface area contributed by atoms with Crippen molar-refractivity contribution >= 4 is 22.9 Å². The summed E-state index contributed by atoms with van der Waals surface area (Å²) in [7, 11) is 0. The molecule has 0 saturated heterocycles. The zero-order chi connectivity index (χ0) is 22.0. The molecule has 31 heavy (non-hydrogen) atoms. The largest absolute Gasteiger partial charge is 0.360 e. The first-order valence-corrected chi connectivity index (χ1v) is 9.73. The number of nitrogens with zero attached hydrogens (tertiary/aromatic N) is 3. The van der Waals surface area contributed by atoms with Gasteiger partial charge in [0.15, 0.2) is 0 Å².